The molecule has 0 spiro atoms. The second-order valence-corrected chi connectivity index (χ2v) is 7.97. The maximum absolute atomic E-state index is 12.8. The van der Waals surface area contributed by atoms with Gasteiger partial charge in [-0.1, -0.05) is 24.6 Å². The fraction of sp³-hybridized carbons (Fsp3) is 0.500. The van der Waals surface area contributed by atoms with Gasteiger partial charge in [-0.05, 0) is 50.4 Å². The second-order valence-electron chi connectivity index (χ2n) is 7.02. The van der Waals surface area contributed by atoms with Crippen LogP contribution in [0.3, 0.4) is 0 Å². The number of benzene rings is 1. The summed E-state index contributed by atoms with van der Waals surface area (Å²) in [6.07, 6.45) is 6.46. The fourth-order valence-corrected chi connectivity index (χ4v) is 4.69. The normalized spacial score (nSPS) is 18.2. The van der Waals surface area contributed by atoms with Gasteiger partial charge in [-0.2, -0.15) is 0 Å². The minimum Gasteiger partial charge on any atom is -0.312 e. The van der Waals surface area contributed by atoms with Gasteiger partial charge in [-0.25, -0.2) is 4.98 Å². The highest BCUT2D eigenvalue weighted by atomic mass is 32.1. The van der Waals surface area contributed by atoms with Crippen LogP contribution in [-0.4, -0.2) is 35.4 Å². The molecule has 5 heteroatoms. The van der Waals surface area contributed by atoms with Gasteiger partial charge in [0.1, 0.15) is 5.01 Å². The predicted molar refractivity (Wildman–Crippen MR) is 102 cm³/mol. The molecule has 0 bridgehead atoms. The molecule has 1 saturated heterocycles. The van der Waals surface area contributed by atoms with E-state index in [-0.39, 0.29) is 5.91 Å². The molecule has 0 N–H and O–H groups in total. The Morgan fingerprint density at radius 3 is 2.80 bits per heavy atom. The summed E-state index contributed by atoms with van der Waals surface area (Å²) in [6.45, 7) is 4.11. The van der Waals surface area contributed by atoms with Crippen LogP contribution in [0.5, 0.6) is 0 Å². The Labute approximate surface area is 153 Å². The first-order valence-corrected chi connectivity index (χ1v) is 10.2. The number of rotatable bonds is 4. The first-order chi connectivity index (χ1) is 12.3. The number of para-hydroxylation sites is 1. The van der Waals surface area contributed by atoms with Crippen molar-refractivity contribution < 1.29 is 4.79 Å². The molecule has 1 aromatic carbocycles. The van der Waals surface area contributed by atoms with Crippen molar-refractivity contribution in [2.24, 2.45) is 0 Å². The van der Waals surface area contributed by atoms with Crippen molar-refractivity contribution in [1.29, 1.82) is 0 Å². The highest BCUT2D eigenvalue weighted by molar-refractivity contribution is 7.09. The number of piperidine rings is 1. The maximum Gasteiger partial charge on any atom is 0.233 e. The molecule has 0 atom stereocenters. The van der Waals surface area contributed by atoms with Gasteiger partial charge in [-0.15, -0.1) is 11.3 Å². The first kappa shape index (κ1) is 16.7. The Morgan fingerprint density at radius 2 is 1.92 bits per heavy atom. The Bertz CT molecular complexity index is 736. The van der Waals surface area contributed by atoms with Gasteiger partial charge in [0.05, 0.1) is 18.7 Å². The van der Waals surface area contributed by atoms with Crippen molar-refractivity contribution in [1.82, 2.24) is 9.88 Å². The summed E-state index contributed by atoms with van der Waals surface area (Å²) in [7, 11) is 0. The molecule has 2 aliphatic rings. The van der Waals surface area contributed by atoms with Crippen molar-refractivity contribution >= 4 is 22.9 Å². The van der Waals surface area contributed by atoms with E-state index in [0.29, 0.717) is 6.42 Å². The number of aromatic nitrogens is 1. The molecule has 0 saturated carbocycles. The lowest BCUT2D eigenvalue weighted by atomic mass is 10.0. The zero-order valence-electron chi connectivity index (χ0n) is 14.6. The minimum atomic E-state index is 0.168. The summed E-state index contributed by atoms with van der Waals surface area (Å²) in [5.74, 6) is 0.168. The van der Waals surface area contributed by atoms with Crippen molar-refractivity contribution in [3.63, 3.8) is 0 Å². The number of anilines is 1. The number of fused-ring (bicyclic) bond motifs is 1. The molecule has 0 unspecified atom stereocenters. The molecule has 2 aliphatic heterocycles. The number of thiazole rings is 1. The first-order valence-electron chi connectivity index (χ1n) is 9.33. The molecule has 4 nitrogen and oxygen atoms in total. The van der Waals surface area contributed by atoms with Gasteiger partial charge in [0.15, 0.2) is 0 Å². The lowest BCUT2D eigenvalue weighted by molar-refractivity contribution is -0.118. The molecule has 1 aromatic heterocycles. The van der Waals surface area contributed by atoms with Gasteiger partial charge in [-0.3, -0.25) is 9.69 Å². The van der Waals surface area contributed by atoms with Crippen LogP contribution in [0.1, 0.15) is 41.9 Å². The van der Waals surface area contributed by atoms with Crippen molar-refractivity contribution in [2.75, 3.05) is 24.5 Å². The monoisotopic (exact) mass is 355 g/mol. The molecule has 4 rings (SSSR count). The molecule has 0 radical (unpaired) electrons. The quantitative estimate of drug-likeness (QED) is 0.840. The molecule has 1 amide bonds. The lowest BCUT2D eigenvalue weighted by Gasteiger charge is -2.29. The van der Waals surface area contributed by atoms with E-state index in [1.165, 1.54) is 37.9 Å². The smallest absolute Gasteiger partial charge is 0.233 e. The summed E-state index contributed by atoms with van der Waals surface area (Å²) < 4.78 is 0. The molecule has 132 valence electrons. The summed E-state index contributed by atoms with van der Waals surface area (Å²) in [5.41, 5.74) is 3.29. The Hall–Kier alpha value is -1.72. The largest absolute Gasteiger partial charge is 0.312 e. The molecular formula is C20H25N3OS. The van der Waals surface area contributed by atoms with E-state index in [2.05, 4.69) is 28.5 Å². The van der Waals surface area contributed by atoms with Gasteiger partial charge < -0.3 is 4.90 Å². The van der Waals surface area contributed by atoms with E-state index >= 15 is 0 Å². The van der Waals surface area contributed by atoms with Crippen LogP contribution in [0.2, 0.25) is 0 Å². The Balaban J connectivity index is 1.40. The Kier molecular flexibility index (Phi) is 5.13. The number of amides is 1. The SMILES string of the molecule is O=C(Cc1csc(CN2CCCCC2)n1)N1CCCc2ccccc21. The number of carbonyl (C=O) groups excluding carboxylic acids is 1. The summed E-state index contributed by atoms with van der Waals surface area (Å²) in [6, 6.07) is 8.27. The van der Waals surface area contributed by atoms with Crippen LogP contribution in [-0.2, 0) is 24.2 Å². The summed E-state index contributed by atoms with van der Waals surface area (Å²) in [5, 5.41) is 3.20. The number of likely N-dealkylation sites (tertiary alicyclic amines) is 1. The average molecular weight is 356 g/mol. The summed E-state index contributed by atoms with van der Waals surface area (Å²) in [4.78, 5) is 22.0. The molecule has 0 aliphatic carbocycles. The number of aryl methyl sites for hydroxylation is 1. The van der Waals surface area contributed by atoms with Gasteiger partial charge >= 0.3 is 0 Å². The van der Waals surface area contributed by atoms with Gasteiger partial charge in [0, 0.05) is 17.6 Å². The van der Waals surface area contributed by atoms with Crippen molar-refractivity contribution in [3.8, 4) is 0 Å². The van der Waals surface area contributed by atoms with Gasteiger partial charge in [0.2, 0.25) is 5.91 Å². The predicted octanol–water partition coefficient (Wildman–Crippen LogP) is 3.65. The third-order valence-corrected chi connectivity index (χ3v) is 6.03. The molecule has 1 fully saturated rings. The highest BCUT2D eigenvalue weighted by Crippen LogP contribution is 2.27. The molecule has 25 heavy (non-hydrogen) atoms. The third-order valence-electron chi connectivity index (χ3n) is 5.15. The van der Waals surface area contributed by atoms with E-state index in [9.17, 15) is 4.79 Å². The van der Waals surface area contributed by atoms with E-state index in [1.807, 2.05) is 11.0 Å². The van der Waals surface area contributed by atoms with Crippen LogP contribution < -0.4 is 4.90 Å². The van der Waals surface area contributed by atoms with Crippen molar-refractivity contribution in [2.45, 2.75) is 45.1 Å². The number of hydrogen-bond acceptors (Lipinski definition) is 4. The molecular weight excluding hydrogens is 330 g/mol. The van der Waals surface area contributed by atoms with E-state index in [0.717, 1.165) is 42.3 Å². The van der Waals surface area contributed by atoms with Crippen LogP contribution in [0.15, 0.2) is 29.6 Å². The minimum absolute atomic E-state index is 0.168. The van der Waals surface area contributed by atoms with Crippen molar-refractivity contribution in [3.05, 3.63) is 45.9 Å². The zero-order valence-corrected chi connectivity index (χ0v) is 15.4. The summed E-state index contributed by atoms with van der Waals surface area (Å²) >= 11 is 1.69. The van der Waals surface area contributed by atoms with E-state index < -0.39 is 0 Å². The Morgan fingerprint density at radius 1 is 1.08 bits per heavy atom. The molecule has 2 aromatic rings. The number of carbonyl (C=O) groups is 1. The van der Waals surface area contributed by atoms with Crippen LogP contribution in [0.25, 0.3) is 0 Å². The van der Waals surface area contributed by atoms with Gasteiger partial charge in [0.25, 0.3) is 0 Å². The van der Waals surface area contributed by atoms with Crippen LogP contribution in [0.4, 0.5) is 5.69 Å². The maximum atomic E-state index is 12.8. The van der Waals surface area contributed by atoms with E-state index in [4.69, 9.17) is 4.98 Å². The topological polar surface area (TPSA) is 36.4 Å². The van der Waals surface area contributed by atoms with E-state index in [1.54, 1.807) is 11.3 Å². The number of nitrogens with zero attached hydrogens (tertiary/aromatic N) is 3. The van der Waals surface area contributed by atoms with Crippen LogP contribution >= 0.6 is 11.3 Å². The zero-order chi connectivity index (χ0) is 17.1. The lowest BCUT2D eigenvalue weighted by Crippen LogP contribution is -2.36. The highest BCUT2D eigenvalue weighted by Gasteiger charge is 2.23. The standard InChI is InChI=1S/C20H25N3OS/c24-20(23-12-6-8-16-7-2-3-9-18(16)23)13-17-15-25-19(21-17)14-22-10-4-1-5-11-22/h2-3,7,9,15H,1,4-6,8,10-14H2. The fourth-order valence-electron chi connectivity index (χ4n) is 3.85. The average Bonchev–Trinajstić information content (AvgIpc) is 3.09. The van der Waals surface area contributed by atoms with Crippen LogP contribution in [0, 0.1) is 0 Å². The number of hydrogen-bond donors (Lipinski definition) is 0. The second kappa shape index (κ2) is 7.67. The third kappa shape index (κ3) is 3.93. The molecule has 3 heterocycles.